The lowest BCUT2D eigenvalue weighted by Crippen LogP contribution is -2.33. The van der Waals surface area contributed by atoms with Crippen LogP contribution in [0.2, 0.25) is 0 Å². The summed E-state index contributed by atoms with van der Waals surface area (Å²) >= 11 is 2.19. The van der Waals surface area contributed by atoms with Crippen LogP contribution in [0.4, 0.5) is 0 Å². The van der Waals surface area contributed by atoms with Crippen molar-refractivity contribution >= 4 is 40.9 Å². The van der Waals surface area contributed by atoms with Crippen molar-refractivity contribution in [1.29, 1.82) is 0 Å². The summed E-state index contributed by atoms with van der Waals surface area (Å²) < 4.78 is 1.00. The molecule has 0 radical (unpaired) electrons. The molecule has 0 saturated carbocycles. The molecule has 0 atom stereocenters. The molecule has 0 spiro atoms. The van der Waals surface area contributed by atoms with Crippen LogP contribution in [0.5, 0.6) is 0 Å². The van der Waals surface area contributed by atoms with Crippen molar-refractivity contribution in [3.05, 3.63) is 33.4 Å². The highest BCUT2D eigenvalue weighted by Gasteiger charge is 2.12. The number of hydrogen-bond acceptors (Lipinski definition) is 2. The summed E-state index contributed by atoms with van der Waals surface area (Å²) in [7, 11) is 0. The highest BCUT2D eigenvalue weighted by atomic mass is 127. The first-order valence-electron chi connectivity index (χ1n) is 6.02. The minimum atomic E-state index is 0. The fourth-order valence-electron chi connectivity index (χ4n) is 2.07. The summed E-state index contributed by atoms with van der Waals surface area (Å²) in [6.45, 7) is 4.07. The molecule has 1 amide bonds. The molecule has 3 nitrogen and oxygen atoms in total. The van der Waals surface area contributed by atoms with Gasteiger partial charge in [-0.1, -0.05) is 12.1 Å². The number of amides is 1. The smallest absolute Gasteiger partial charge is 0.252 e. The maximum Gasteiger partial charge on any atom is 0.252 e. The lowest BCUT2D eigenvalue weighted by Gasteiger charge is -2.14. The fourth-order valence-corrected chi connectivity index (χ4v) is 2.71. The number of rotatable bonds is 4. The van der Waals surface area contributed by atoms with Gasteiger partial charge in [0.15, 0.2) is 0 Å². The third-order valence-electron chi connectivity index (χ3n) is 3.03. The second-order valence-corrected chi connectivity index (χ2v) is 5.45. The summed E-state index contributed by atoms with van der Waals surface area (Å²) in [5.41, 5.74) is 0.773. The Kier molecular flexibility index (Phi) is 6.96. The Morgan fingerprint density at radius 3 is 2.61 bits per heavy atom. The highest BCUT2D eigenvalue weighted by Crippen LogP contribution is 2.11. The van der Waals surface area contributed by atoms with Gasteiger partial charge in [-0.05, 0) is 60.7 Å². The van der Waals surface area contributed by atoms with Crippen LogP contribution in [0.15, 0.2) is 24.3 Å². The van der Waals surface area contributed by atoms with Crippen LogP contribution < -0.4 is 5.32 Å². The molecule has 1 N–H and O–H groups in total. The van der Waals surface area contributed by atoms with Gasteiger partial charge in [-0.25, -0.2) is 0 Å². The van der Waals surface area contributed by atoms with E-state index in [0.717, 1.165) is 22.2 Å². The van der Waals surface area contributed by atoms with Crippen molar-refractivity contribution < 1.29 is 4.79 Å². The van der Waals surface area contributed by atoms with E-state index in [1.807, 2.05) is 24.3 Å². The number of hydrogen-bond donors (Lipinski definition) is 1. The van der Waals surface area contributed by atoms with Crippen molar-refractivity contribution in [2.75, 3.05) is 26.2 Å². The average molecular weight is 381 g/mol. The summed E-state index contributed by atoms with van der Waals surface area (Å²) in [5.74, 6) is 0.0363. The molecule has 1 aliphatic heterocycles. The zero-order valence-electron chi connectivity index (χ0n) is 10.2. The number of likely N-dealkylation sites (tertiary alicyclic amines) is 1. The van der Waals surface area contributed by atoms with Gasteiger partial charge in [0, 0.05) is 16.7 Å². The fraction of sp³-hybridized carbons (Fsp3) is 0.462. The largest absolute Gasteiger partial charge is 0.351 e. The third-order valence-corrected chi connectivity index (χ3v) is 3.97. The van der Waals surface area contributed by atoms with Crippen LogP contribution in [-0.2, 0) is 0 Å². The summed E-state index contributed by atoms with van der Waals surface area (Å²) in [6, 6.07) is 7.67. The van der Waals surface area contributed by atoms with Gasteiger partial charge in [0.05, 0.1) is 5.56 Å². The van der Waals surface area contributed by atoms with E-state index in [9.17, 15) is 4.79 Å². The molecule has 0 aliphatic carbocycles. The zero-order valence-corrected chi connectivity index (χ0v) is 13.2. The molecule has 2 rings (SSSR count). The van der Waals surface area contributed by atoms with E-state index in [1.54, 1.807) is 0 Å². The maximum absolute atomic E-state index is 11.9. The standard InChI is InChI=1S/C13H17IN2O.ClH/c14-12-6-2-1-5-11(12)13(17)15-7-10-16-8-3-4-9-16;/h1-2,5-6H,3-4,7-10H2,(H,15,17);1H. The molecule has 100 valence electrons. The highest BCUT2D eigenvalue weighted by molar-refractivity contribution is 14.1. The van der Waals surface area contributed by atoms with Crippen molar-refractivity contribution in [2.45, 2.75) is 12.8 Å². The molecule has 1 aliphatic rings. The third kappa shape index (κ3) is 4.40. The van der Waals surface area contributed by atoms with Crippen molar-refractivity contribution in [3.63, 3.8) is 0 Å². The molecule has 1 saturated heterocycles. The Bertz CT molecular complexity index is 394. The molecule has 1 aromatic rings. The molecule has 5 heteroatoms. The minimum absolute atomic E-state index is 0. The van der Waals surface area contributed by atoms with E-state index in [0.29, 0.717) is 0 Å². The predicted molar refractivity (Wildman–Crippen MR) is 84.4 cm³/mol. The first-order chi connectivity index (χ1) is 8.27. The van der Waals surface area contributed by atoms with Crippen molar-refractivity contribution in [1.82, 2.24) is 10.2 Å². The Morgan fingerprint density at radius 2 is 1.94 bits per heavy atom. The Labute approximate surface area is 128 Å². The lowest BCUT2D eigenvalue weighted by molar-refractivity contribution is 0.0949. The number of nitrogens with zero attached hydrogens (tertiary/aromatic N) is 1. The van der Waals surface area contributed by atoms with E-state index >= 15 is 0 Å². The number of halogens is 2. The zero-order chi connectivity index (χ0) is 12.1. The Balaban J connectivity index is 0.00000162. The van der Waals surface area contributed by atoms with E-state index in [1.165, 1.54) is 25.9 Å². The quantitative estimate of drug-likeness (QED) is 0.814. The molecule has 0 bridgehead atoms. The maximum atomic E-state index is 11.9. The topological polar surface area (TPSA) is 32.3 Å². The number of carbonyl (C=O) groups is 1. The molecule has 18 heavy (non-hydrogen) atoms. The number of nitrogens with one attached hydrogen (secondary N) is 1. The lowest BCUT2D eigenvalue weighted by atomic mass is 10.2. The number of carbonyl (C=O) groups excluding carboxylic acids is 1. The minimum Gasteiger partial charge on any atom is -0.351 e. The molecule has 1 heterocycles. The van der Waals surface area contributed by atoms with Crippen LogP contribution >= 0.6 is 35.0 Å². The van der Waals surface area contributed by atoms with Gasteiger partial charge in [0.1, 0.15) is 0 Å². The van der Waals surface area contributed by atoms with Crippen LogP contribution in [0.1, 0.15) is 23.2 Å². The molecule has 0 unspecified atom stereocenters. The van der Waals surface area contributed by atoms with Gasteiger partial charge in [0.25, 0.3) is 5.91 Å². The van der Waals surface area contributed by atoms with E-state index in [2.05, 4.69) is 32.8 Å². The van der Waals surface area contributed by atoms with Gasteiger partial charge < -0.3 is 10.2 Å². The second kappa shape index (κ2) is 7.96. The second-order valence-electron chi connectivity index (χ2n) is 4.28. The summed E-state index contributed by atoms with van der Waals surface area (Å²) in [6.07, 6.45) is 2.59. The van der Waals surface area contributed by atoms with E-state index in [-0.39, 0.29) is 18.3 Å². The van der Waals surface area contributed by atoms with Gasteiger partial charge in [-0.15, -0.1) is 12.4 Å². The molecule has 1 aromatic carbocycles. The Morgan fingerprint density at radius 1 is 1.28 bits per heavy atom. The average Bonchev–Trinajstić information content (AvgIpc) is 2.82. The van der Waals surface area contributed by atoms with Crippen molar-refractivity contribution in [2.24, 2.45) is 0 Å². The van der Waals surface area contributed by atoms with Gasteiger partial charge in [0.2, 0.25) is 0 Å². The monoisotopic (exact) mass is 380 g/mol. The van der Waals surface area contributed by atoms with Gasteiger partial charge >= 0.3 is 0 Å². The van der Waals surface area contributed by atoms with Gasteiger partial charge in [-0.3, -0.25) is 4.79 Å². The normalized spacial score (nSPS) is 15.2. The molecule has 0 aromatic heterocycles. The molecular weight excluding hydrogens is 363 g/mol. The SMILES string of the molecule is Cl.O=C(NCCN1CCCC1)c1ccccc1I. The Hall–Kier alpha value is -0.330. The first kappa shape index (κ1) is 15.7. The van der Waals surface area contributed by atoms with Crippen LogP contribution in [-0.4, -0.2) is 37.0 Å². The summed E-state index contributed by atoms with van der Waals surface area (Å²) in [4.78, 5) is 14.3. The van der Waals surface area contributed by atoms with Crippen LogP contribution in [0, 0.1) is 3.57 Å². The summed E-state index contributed by atoms with van der Waals surface area (Å²) in [5, 5.41) is 2.98. The predicted octanol–water partition coefficient (Wildman–Crippen LogP) is 2.54. The molecular formula is C13H18ClIN2O. The van der Waals surface area contributed by atoms with Gasteiger partial charge in [-0.2, -0.15) is 0 Å². The first-order valence-corrected chi connectivity index (χ1v) is 7.10. The van der Waals surface area contributed by atoms with Crippen molar-refractivity contribution in [3.8, 4) is 0 Å². The van der Waals surface area contributed by atoms with E-state index < -0.39 is 0 Å². The number of benzene rings is 1. The van der Waals surface area contributed by atoms with E-state index in [4.69, 9.17) is 0 Å². The molecule has 1 fully saturated rings. The van der Waals surface area contributed by atoms with Crippen LogP contribution in [0.3, 0.4) is 0 Å². The van der Waals surface area contributed by atoms with Crippen LogP contribution in [0.25, 0.3) is 0 Å².